The van der Waals surface area contributed by atoms with Crippen LogP contribution in [0.3, 0.4) is 0 Å². The first-order chi connectivity index (χ1) is 8.67. The lowest BCUT2D eigenvalue weighted by Crippen LogP contribution is -2.27. The van der Waals surface area contributed by atoms with Gasteiger partial charge in [0.05, 0.1) is 7.11 Å². The first kappa shape index (κ1) is 13.4. The minimum Gasteiger partial charge on any atom is -0.496 e. The molecule has 0 aliphatic carbocycles. The molecule has 1 heterocycles. The number of hydrogen-bond acceptors (Lipinski definition) is 3. The minimum absolute atomic E-state index is 0.369. The normalized spacial score (nSPS) is 21.0. The van der Waals surface area contributed by atoms with Crippen LogP contribution in [0.4, 0.5) is 0 Å². The zero-order valence-electron chi connectivity index (χ0n) is 11.8. The van der Waals surface area contributed by atoms with Crippen molar-refractivity contribution in [2.75, 3.05) is 27.2 Å². The lowest BCUT2D eigenvalue weighted by molar-refractivity contribution is 0.367. The molecule has 1 aromatic carbocycles. The summed E-state index contributed by atoms with van der Waals surface area (Å²) in [4.78, 5) is 0. The Morgan fingerprint density at radius 1 is 1.39 bits per heavy atom. The van der Waals surface area contributed by atoms with Crippen LogP contribution in [0.5, 0.6) is 5.75 Å². The second-order valence-corrected chi connectivity index (χ2v) is 5.22. The van der Waals surface area contributed by atoms with Gasteiger partial charge < -0.3 is 15.4 Å². The molecule has 0 saturated carbocycles. The predicted molar refractivity (Wildman–Crippen MR) is 75.2 cm³/mol. The Balaban J connectivity index is 2.39. The van der Waals surface area contributed by atoms with Gasteiger partial charge in [-0.1, -0.05) is 17.7 Å². The molecular weight excluding hydrogens is 224 g/mol. The SMILES string of the molecule is CNC(c1cc(C)cc(C)c1OC)C1CCNC1. The summed E-state index contributed by atoms with van der Waals surface area (Å²) >= 11 is 0. The molecule has 1 aliphatic heterocycles. The zero-order chi connectivity index (χ0) is 13.1. The van der Waals surface area contributed by atoms with Crippen LogP contribution >= 0.6 is 0 Å². The molecule has 0 bridgehead atoms. The van der Waals surface area contributed by atoms with Crippen molar-refractivity contribution in [3.63, 3.8) is 0 Å². The molecule has 1 saturated heterocycles. The van der Waals surface area contributed by atoms with Crippen LogP contribution in [0.2, 0.25) is 0 Å². The van der Waals surface area contributed by atoms with Crippen LogP contribution in [0.25, 0.3) is 0 Å². The number of methoxy groups -OCH3 is 1. The Morgan fingerprint density at radius 2 is 2.17 bits per heavy atom. The van der Waals surface area contributed by atoms with Crippen LogP contribution in [-0.2, 0) is 0 Å². The number of nitrogens with one attached hydrogen (secondary N) is 2. The van der Waals surface area contributed by atoms with Gasteiger partial charge in [0.15, 0.2) is 0 Å². The summed E-state index contributed by atoms with van der Waals surface area (Å²) in [5.74, 6) is 1.68. The third-order valence-corrected chi connectivity index (χ3v) is 3.87. The fourth-order valence-corrected chi connectivity index (χ4v) is 3.10. The van der Waals surface area contributed by atoms with E-state index in [9.17, 15) is 0 Å². The molecule has 100 valence electrons. The van der Waals surface area contributed by atoms with Crippen molar-refractivity contribution in [3.8, 4) is 5.75 Å². The quantitative estimate of drug-likeness (QED) is 0.857. The summed E-state index contributed by atoms with van der Waals surface area (Å²) in [5.41, 5.74) is 3.82. The molecule has 1 aliphatic rings. The van der Waals surface area contributed by atoms with E-state index in [4.69, 9.17) is 4.74 Å². The van der Waals surface area contributed by atoms with Gasteiger partial charge in [0.2, 0.25) is 0 Å². The monoisotopic (exact) mass is 248 g/mol. The fourth-order valence-electron chi connectivity index (χ4n) is 3.10. The van der Waals surface area contributed by atoms with E-state index < -0.39 is 0 Å². The standard InChI is InChI=1S/C15H24N2O/c1-10-7-11(2)15(18-4)13(8-10)14(16-3)12-5-6-17-9-12/h7-8,12,14,16-17H,5-6,9H2,1-4H3. The van der Waals surface area contributed by atoms with Crippen molar-refractivity contribution in [1.82, 2.24) is 10.6 Å². The summed E-state index contributed by atoms with van der Waals surface area (Å²) in [5, 5.41) is 6.91. The molecule has 3 heteroatoms. The highest BCUT2D eigenvalue weighted by Crippen LogP contribution is 2.35. The highest BCUT2D eigenvalue weighted by molar-refractivity contribution is 5.45. The van der Waals surface area contributed by atoms with E-state index in [-0.39, 0.29) is 0 Å². The Hall–Kier alpha value is -1.06. The molecule has 2 N–H and O–H groups in total. The average Bonchev–Trinajstić information content (AvgIpc) is 2.83. The van der Waals surface area contributed by atoms with Crippen molar-refractivity contribution in [2.45, 2.75) is 26.3 Å². The molecule has 2 atom stereocenters. The second-order valence-electron chi connectivity index (χ2n) is 5.22. The summed E-state index contributed by atoms with van der Waals surface area (Å²) in [6.07, 6.45) is 1.22. The van der Waals surface area contributed by atoms with E-state index in [2.05, 4.69) is 36.6 Å². The maximum absolute atomic E-state index is 5.61. The van der Waals surface area contributed by atoms with Gasteiger partial charge in [0, 0.05) is 11.6 Å². The van der Waals surface area contributed by atoms with E-state index in [1.807, 2.05) is 7.05 Å². The van der Waals surface area contributed by atoms with Gasteiger partial charge in [-0.3, -0.25) is 0 Å². The maximum atomic E-state index is 5.61. The number of rotatable bonds is 4. The summed E-state index contributed by atoms with van der Waals surface area (Å²) in [6, 6.07) is 4.81. The van der Waals surface area contributed by atoms with E-state index in [0.717, 1.165) is 18.8 Å². The molecule has 2 rings (SSSR count). The minimum atomic E-state index is 0.369. The van der Waals surface area contributed by atoms with Crippen LogP contribution < -0.4 is 15.4 Å². The number of benzene rings is 1. The van der Waals surface area contributed by atoms with Crippen LogP contribution in [-0.4, -0.2) is 27.2 Å². The predicted octanol–water partition coefficient (Wildman–Crippen LogP) is 2.18. The molecule has 0 amide bonds. The van der Waals surface area contributed by atoms with Gasteiger partial charge >= 0.3 is 0 Å². The molecule has 18 heavy (non-hydrogen) atoms. The maximum Gasteiger partial charge on any atom is 0.126 e. The highest BCUT2D eigenvalue weighted by Gasteiger charge is 2.27. The largest absolute Gasteiger partial charge is 0.496 e. The second kappa shape index (κ2) is 5.72. The van der Waals surface area contributed by atoms with E-state index in [0.29, 0.717) is 12.0 Å². The van der Waals surface area contributed by atoms with Crippen molar-refractivity contribution in [2.24, 2.45) is 5.92 Å². The lowest BCUT2D eigenvalue weighted by atomic mass is 9.89. The van der Waals surface area contributed by atoms with Crippen molar-refractivity contribution < 1.29 is 4.74 Å². The van der Waals surface area contributed by atoms with Gasteiger partial charge in [0.25, 0.3) is 0 Å². The van der Waals surface area contributed by atoms with E-state index >= 15 is 0 Å². The highest BCUT2D eigenvalue weighted by atomic mass is 16.5. The smallest absolute Gasteiger partial charge is 0.126 e. The van der Waals surface area contributed by atoms with Crippen molar-refractivity contribution in [1.29, 1.82) is 0 Å². The molecular formula is C15H24N2O. The Labute approximate surface area is 110 Å². The molecule has 0 radical (unpaired) electrons. The molecule has 1 fully saturated rings. The van der Waals surface area contributed by atoms with Gasteiger partial charge in [-0.05, 0) is 51.9 Å². The molecule has 3 nitrogen and oxygen atoms in total. The van der Waals surface area contributed by atoms with Gasteiger partial charge in [-0.15, -0.1) is 0 Å². The lowest BCUT2D eigenvalue weighted by Gasteiger charge is -2.26. The molecule has 0 aromatic heterocycles. The number of hydrogen-bond donors (Lipinski definition) is 2. The van der Waals surface area contributed by atoms with Gasteiger partial charge in [0.1, 0.15) is 5.75 Å². The first-order valence-corrected chi connectivity index (χ1v) is 6.70. The Morgan fingerprint density at radius 3 is 2.72 bits per heavy atom. The first-order valence-electron chi connectivity index (χ1n) is 6.70. The van der Waals surface area contributed by atoms with Crippen LogP contribution in [0.1, 0.15) is 29.2 Å². The number of ether oxygens (including phenoxy) is 1. The third-order valence-electron chi connectivity index (χ3n) is 3.87. The Bertz CT molecular complexity index is 411. The van der Waals surface area contributed by atoms with E-state index in [1.54, 1.807) is 7.11 Å². The number of aryl methyl sites for hydroxylation is 2. The van der Waals surface area contributed by atoms with Gasteiger partial charge in [-0.25, -0.2) is 0 Å². The topological polar surface area (TPSA) is 33.3 Å². The van der Waals surface area contributed by atoms with Crippen molar-refractivity contribution >= 4 is 0 Å². The molecule has 1 aromatic rings. The molecule has 2 unspecified atom stereocenters. The van der Waals surface area contributed by atoms with Gasteiger partial charge in [-0.2, -0.15) is 0 Å². The molecule has 0 spiro atoms. The zero-order valence-corrected chi connectivity index (χ0v) is 11.8. The van der Waals surface area contributed by atoms with Crippen molar-refractivity contribution in [3.05, 3.63) is 28.8 Å². The third kappa shape index (κ3) is 2.52. The fraction of sp³-hybridized carbons (Fsp3) is 0.600. The van der Waals surface area contributed by atoms with E-state index in [1.165, 1.54) is 23.1 Å². The summed E-state index contributed by atoms with van der Waals surface area (Å²) in [7, 11) is 3.81. The Kier molecular flexibility index (Phi) is 4.25. The summed E-state index contributed by atoms with van der Waals surface area (Å²) < 4.78 is 5.61. The van der Waals surface area contributed by atoms with Crippen LogP contribution in [0, 0.1) is 19.8 Å². The van der Waals surface area contributed by atoms with Crippen LogP contribution in [0.15, 0.2) is 12.1 Å². The summed E-state index contributed by atoms with van der Waals surface area (Å²) in [6.45, 7) is 6.47. The average molecular weight is 248 g/mol.